The molecule has 1 saturated carbocycles. The number of carbonyl (C=O) groups excluding carboxylic acids is 3. The predicted octanol–water partition coefficient (Wildman–Crippen LogP) is 1.71. The Balaban J connectivity index is 2.62. The summed E-state index contributed by atoms with van der Waals surface area (Å²) < 4.78 is 5.42. The molecule has 22 heavy (non-hydrogen) atoms. The molecule has 2 N–H and O–H groups in total. The fourth-order valence-electron chi connectivity index (χ4n) is 2.26. The summed E-state index contributed by atoms with van der Waals surface area (Å²) in [7, 11) is 0. The second-order valence-electron chi connectivity index (χ2n) is 5.43. The summed E-state index contributed by atoms with van der Waals surface area (Å²) in [4.78, 5) is 35.5. The molecule has 2 atom stereocenters. The summed E-state index contributed by atoms with van der Waals surface area (Å²) in [6, 6.07) is -0.827. The van der Waals surface area contributed by atoms with Crippen molar-refractivity contribution >= 4 is 35.6 Å². The van der Waals surface area contributed by atoms with E-state index in [9.17, 15) is 14.4 Å². The summed E-state index contributed by atoms with van der Waals surface area (Å²) in [5.74, 6) is -1.10. The standard InChI is InChI=1S/C15H24N2O4S/c1-10(22-2)14(19)17-13(8-7-11(18)9-16)15(20)21-12-5-3-4-6-12/h9-10,12-13,16H,3-8H2,1-2H3,(H,17,19)/t10-,13-/m0/s1. The third kappa shape index (κ3) is 6.17. The van der Waals surface area contributed by atoms with Crippen molar-refractivity contribution in [3.63, 3.8) is 0 Å². The minimum Gasteiger partial charge on any atom is -0.461 e. The Morgan fingerprint density at radius 2 is 2.00 bits per heavy atom. The highest BCUT2D eigenvalue weighted by molar-refractivity contribution is 7.99. The molecule has 0 spiro atoms. The molecule has 0 aliphatic heterocycles. The average molecular weight is 328 g/mol. The summed E-state index contributed by atoms with van der Waals surface area (Å²) in [6.45, 7) is 1.75. The predicted molar refractivity (Wildman–Crippen MR) is 86.3 cm³/mol. The minimum atomic E-state index is -0.827. The van der Waals surface area contributed by atoms with Crippen molar-refractivity contribution in [3.05, 3.63) is 0 Å². The van der Waals surface area contributed by atoms with Crippen LogP contribution in [-0.4, -0.2) is 47.5 Å². The van der Waals surface area contributed by atoms with Crippen LogP contribution in [0.2, 0.25) is 0 Å². The van der Waals surface area contributed by atoms with Crippen molar-refractivity contribution in [2.45, 2.75) is 62.8 Å². The zero-order chi connectivity index (χ0) is 16.5. The van der Waals surface area contributed by atoms with Crippen LogP contribution in [0.15, 0.2) is 0 Å². The topological polar surface area (TPSA) is 96.3 Å². The number of ether oxygens (including phenoxy) is 1. The number of esters is 1. The molecule has 0 heterocycles. The molecule has 1 aliphatic rings. The molecule has 1 amide bonds. The number of nitrogens with one attached hydrogen (secondary N) is 2. The molecule has 0 aromatic rings. The highest BCUT2D eigenvalue weighted by Crippen LogP contribution is 2.21. The van der Waals surface area contributed by atoms with Gasteiger partial charge in [0.15, 0.2) is 5.78 Å². The van der Waals surface area contributed by atoms with E-state index in [1.54, 1.807) is 6.92 Å². The molecule has 7 heteroatoms. The summed E-state index contributed by atoms with van der Waals surface area (Å²) >= 11 is 1.38. The molecule has 1 aliphatic carbocycles. The van der Waals surface area contributed by atoms with Gasteiger partial charge in [0.2, 0.25) is 5.91 Å². The van der Waals surface area contributed by atoms with Crippen LogP contribution >= 0.6 is 11.8 Å². The highest BCUT2D eigenvalue weighted by atomic mass is 32.2. The maximum absolute atomic E-state index is 12.2. The normalized spacial score (nSPS) is 17.5. The van der Waals surface area contributed by atoms with E-state index in [0.717, 1.165) is 31.9 Å². The van der Waals surface area contributed by atoms with Crippen LogP contribution < -0.4 is 5.32 Å². The molecule has 124 valence electrons. The third-order valence-electron chi connectivity index (χ3n) is 3.75. The summed E-state index contributed by atoms with van der Waals surface area (Å²) in [6.07, 6.45) is 6.47. The van der Waals surface area contributed by atoms with Crippen LogP contribution in [0.1, 0.15) is 45.4 Å². The molecule has 1 rings (SSSR count). The smallest absolute Gasteiger partial charge is 0.328 e. The molecule has 1 fully saturated rings. The van der Waals surface area contributed by atoms with Gasteiger partial charge in [-0.15, -0.1) is 0 Å². The Bertz CT molecular complexity index is 422. The first-order valence-corrected chi connectivity index (χ1v) is 8.83. The summed E-state index contributed by atoms with van der Waals surface area (Å²) in [5.41, 5.74) is 0. The van der Waals surface area contributed by atoms with Crippen molar-refractivity contribution in [3.8, 4) is 0 Å². The van der Waals surface area contributed by atoms with Gasteiger partial charge in [-0.2, -0.15) is 11.8 Å². The van der Waals surface area contributed by atoms with E-state index in [0.29, 0.717) is 0 Å². The van der Waals surface area contributed by atoms with Gasteiger partial charge in [-0.25, -0.2) is 4.79 Å². The van der Waals surface area contributed by atoms with E-state index in [1.165, 1.54) is 11.8 Å². The SMILES string of the molecule is CS[C@@H](C)C(=O)N[C@@H](CCC(=O)C=N)C(=O)OC1CCCC1. The van der Waals surface area contributed by atoms with Gasteiger partial charge in [-0.3, -0.25) is 9.59 Å². The Morgan fingerprint density at radius 1 is 1.36 bits per heavy atom. The Kier molecular flexibility index (Phi) is 8.16. The Hall–Kier alpha value is -1.37. The number of rotatable bonds is 9. The second-order valence-corrected chi connectivity index (χ2v) is 6.61. The number of hydrogen-bond acceptors (Lipinski definition) is 6. The molecular weight excluding hydrogens is 304 g/mol. The van der Waals surface area contributed by atoms with E-state index in [2.05, 4.69) is 5.32 Å². The number of ketones is 1. The highest BCUT2D eigenvalue weighted by Gasteiger charge is 2.28. The first-order valence-electron chi connectivity index (χ1n) is 7.55. The number of thioether (sulfide) groups is 1. The minimum absolute atomic E-state index is 0.0435. The lowest BCUT2D eigenvalue weighted by Crippen LogP contribution is -2.45. The van der Waals surface area contributed by atoms with Crippen molar-refractivity contribution in [1.82, 2.24) is 5.32 Å². The van der Waals surface area contributed by atoms with Gasteiger partial charge in [0.1, 0.15) is 12.1 Å². The Morgan fingerprint density at radius 3 is 2.55 bits per heavy atom. The summed E-state index contributed by atoms with van der Waals surface area (Å²) in [5, 5.41) is 9.28. The molecule has 0 bridgehead atoms. The van der Waals surface area contributed by atoms with Crippen molar-refractivity contribution < 1.29 is 19.1 Å². The lowest BCUT2D eigenvalue weighted by molar-refractivity contribution is -0.153. The first kappa shape index (κ1) is 18.7. The lowest BCUT2D eigenvalue weighted by atomic mass is 10.1. The van der Waals surface area contributed by atoms with E-state index >= 15 is 0 Å². The van der Waals surface area contributed by atoms with Gasteiger partial charge in [0.25, 0.3) is 0 Å². The zero-order valence-electron chi connectivity index (χ0n) is 13.1. The maximum atomic E-state index is 12.2. The van der Waals surface area contributed by atoms with Crippen molar-refractivity contribution in [2.75, 3.05) is 6.26 Å². The van der Waals surface area contributed by atoms with Gasteiger partial charge in [-0.05, 0) is 45.3 Å². The first-order chi connectivity index (χ1) is 10.5. The number of carbonyl (C=O) groups is 3. The van der Waals surface area contributed by atoms with Gasteiger partial charge < -0.3 is 15.5 Å². The lowest BCUT2D eigenvalue weighted by Gasteiger charge is -2.21. The zero-order valence-corrected chi connectivity index (χ0v) is 13.9. The molecule has 0 aromatic heterocycles. The molecule has 0 aromatic carbocycles. The fourth-order valence-corrected chi connectivity index (χ4v) is 2.54. The monoisotopic (exact) mass is 328 g/mol. The second kappa shape index (κ2) is 9.61. The van der Waals surface area contributed by atoms with Crippen molar-refractivity contribution in [2.24, 2.45) is 0 Å². The van der Waals surface area contributed by atoms with Gasteiger partial charge in [0, 0.05) is 6.42 Å². The fraction of sp³-hybridized carbons (Fsp3) is 0.733. The van der Waals surface area contributed by atoms with E-state index in [4.69, 9.17) is 10.1 Å². The van der Waals surface area contributed by atoms with Crippen LogP contribution in [0.3, 0.4) is 0 Å². The average Bonchev–Trinajstić information content (AvgIpc) is 3.02. The van der Waals surface area contributed by atoms with Crippen LogP contribution in [0.5, 0.6) is 0 Å². The number of hydrogen-bond donors (Lipinski definition) is 2. The van der Waals surface area contributed by atoms with Gasteiger partial charge >= 0.3 is 5.97 Å². The van der Waals surface area contributed by atoms with Crippen molar-refractivity contribution in [1.29, 1.82) is 5.41 Å². The van der Waals surface area contributed by atoms with Gasteiger partial charge in [0.05, 0.1) is 11.5 Å². The number of amides is 1. The van der Waals surface area contributed by atoms with Crippen LogP contribution in [0, 0.1) is 5.41 Å². The van der Waals surface area contributed by atoms with Gasteiger partial charge in [-0.1, -0.05) is 0 Å². The third-order valence-corrected chi connectivity index (χ3v) is 4.67. The molecular formula is C15H24N2O4S. The van der Waals surface area contributed by atoms with Crippen LogP contribution in [0.4, 0.5) is 0 Å². The van der Waals surface area contributed by atoms with E-state index < -0.39 is 12.0 Å². The number of Topliss-reactive ketones (excluding diaryl/α,β-unsaturated/α-hetero) is 1. The largest absolute Gasteiger partial charge is 0.461 e. The molecule has 0 saturated heterocycles. The van der Waals surface area contributed by atoms with E-state index in [-0.39, 0.29) is 35.9 Å². The van der Waals surface area contributed by atoms with E-state index in [1.807, 2.05) is 6.26 Å². The maximum Gasteiger partial charge on any atom is 0.328 e. The van der Waals surface area contributed by atoms with Crippen LogP contribution in [-0.2, 0) is 19.1 Å². The Labute approximate surface area is 135 Å². The quantitative estimate of drug-likeness (QED) is 0.496. The molecule has 6 nitrogen and oxygen atoms in total. The molecule has 0 radical (unpaired) electrons. The van der Waals surface area contributed by atoms with Crippen LogP contribution in [0.25, 0.3) is 0 Å². The molecule has 0 unspecified atom stereocenters.